The summed E-state index contributed by atoms with van der Waals surface area (Å²) in [7, 11) is 0. The van der Waals surface area contributed by atoms with Crippen LogP contribution in [-0.4, -0.2) is 29.9 Å². The monoisotopic (exact) mass is 456 g/mol. The smallest absolute Gasteiger partial charge is 0.279 e. The van der Waals surface area contributed by atoms with Crippen LogP contribution in [-0.2, 0) is 16.0 Å². The number of ether oxygens (including phenoxy) is 1. The van der Waals surface area contributed by atoms with E-state index in [1.54, 1.807) is 54.6 Å². The van der Waals surface area contributed by atoms with Crippen LogP contribution in [0.5, 0.6) is 5.75 Å². The molecule has 3 aromatic carbocycles. The largest absolute Gasteiger partial charge is 0.481 e. The highest BCUT2D eigenvalue weighted by atomic mass is 16.5. The summed E-state index contributed by atoms with van der Waals surface area (Å²) in [4.78, 5) is 37.9. The number of carbonyl (C=O) groups excluding carboxylic acids is 3. The maximum Gasteiger partial charge on any atom is 0.279 e. The molecular formula is C26H24N4O4. The highest BCUT2D eigenvalue weighted by molar-refractivity contribution is 5.98. The first-order valence-electron chi connectivity index (χ1n) is 10.6. The third kappa shape index (κ3) is 6.93. The minimum absolute atomic E-state index is 0.235. The molecule has 0 aliphatic carbocycles. The molecule has 3 rings (SSSR count). The molecule has 3 aromatic rings. The molecule has 2 atom stereocenters. The Morgan fingerprint density at radius 1 is 0.853 bits per heavy atom. The second-order valence-corrected chi connectivity index (χ2v) is 7.46. The van der Waals surface area contributed by atoms with E-state index in [0.29, 0.717) is 16.9 Å². The Morgan fingerprint density at radius 2 is 1.44 bits per heavy atom. The predicted molar refractivity (Wildman–Crippen MR) is 125 cm³/mol. The van der Waals surface area contributed by atoms with Crippen LogP contribution in [0.15, 0.2) is 84.9 Å². The van der Waals surface area contributed by atoms with Crippen molar-refractivity contribution in [3.05, 3.63) is 102 Å². The lowest BCUT2D eigenvalue weighted by Gasteiger charge is -2.20. The molecule has 3 N–H and O–H groups in total. The number of nitrogens with one attached hydrogen (secondary N) is 3. The third-order valence-corrected chi connectivity index (χ3v) is 4.91. The zero-order chi connectivity index (χ0) is 24.3. The third-order valence-electron chi connectivity index (χ3n) is 4.91. The summed E-state index contributed by atoms with van der Waals surface area (Å²) in [6.07, 6.45) is -0.682. The number of carbonyl (C=O) groups is 3. The van der Waals surface area contributed by atoms with Gasteiger partial charge in [-0.3, -0.25) is 25.2 Å². The Balaban J connectivity index is 1.61. The Labute approximate surface area is 197 Å². The van der Waals surface area contributed by atoms with Crippen LogP contribution < -0.4 is 20.9 Å². The standard InChI is InChI=1S/C26H24N4O4/c1-18(34-22-14-12-20(17-27)13-15-22)24(31)29-30-26(33)23(16-19-8-4-2-5-9-19)28-25(32)21-10-6-3-7-11-21/h2-15,18,23H,16H2,1H3,(H,28,32)(H,29,31)(H,30,33)/t18-,23+/m0/s1. The number of benzene rings is 3. The number of nitrogens with zero attached hydrogens (tertiary/aromatic N) is 1. The van der Waals surface area contributed by atoms with Gasteiger partial charge in [-0.25, -0.2) is 0 Å². The highest BCUT2D eigenvalue weighted by Crippen LogP contribution is 2.13. The second-order valence-electron chi connectivity index (χ2n) is 7.46. The molecule has 0 bridgehead atoms. The number of nitriles is 1. The normalized spacial score (nSPS) is 11.9. The Kier molecular flexibility index (Phi) is 8.36. The van der Waals surface area contributed by atoms with Gasteiger partial charge in [0.2, 0.25) is 0 Å². The average molecular weight is 457 g/mol. The molecule has 0 heterocycles. The van der Waals surface area contributed by atoms with Gasteiger partial charge in [0.25, 0.3) is 17.7 Å². The van der Waals surface area contributed by atoms with Gasteiger partial charge >= 0.3 is 0 Å². The Bertz CT molecular complexity index is 1160. The van der Waals surface area contributed by atoms with E-state index in [2.05, 4.69) is 16.2 Å². The molecule has 0 radical (unpaired) electrons. The van der Waals surface area contributed by atoms with Crippen LogP contribution in [0.1, 0.15) is 28.4 Å². The molecule has 3 amide bonds. The maximum atomic E-state index is 12.9. The lowest BCUT2D eigenvalue weighted by Crippen LogP contribution is -2.55. The summed E-state index contributed by atoms with van der Waals surface area (Å²) in [6.45, 7) is 1.53. The number of hydrazine groups is 1. The second kappa shape index (κ2) is 11.8. The van der Waals surface area contributed by atoms with Gasteiger partial charge in [0.1, 0.15) is 11.8 Å². The fourth-order valence-corrected chi connectivity index (χ4v) is 3.07. The quantitative estimate of drug-likeness (QED) is 0.450. The van der Waals surface area contributed by atoms with Gasteiger partial charge in [-0.15, -0.1) is 0 Å². The van der Waals surface area contributed by atoms with E-state index in [-0.39, 0.29) is 6.42 Å². The van der Waals surface area contributed by atoms with Gasteiger partial charge in [-0.1, -0.05) is 48.5 Å². The van der Waals surface area contributed by atoms with Gasteiger partial charge in [-0.2, -0.15) is 5.26 Å². The summed E-state index contributed by atoms with van der Waals surface area (Å²) in [6, 6.07) is 25.2. The fraction of sp³-hybridized carbons (Fsp3) is 0.154. The van der Waals surface area contributed by atoms with Gasteiger partial charge in [-0.05, 0) is 48.9 Å². The molecule has 8 heteroatoms. The molecule has 0 aliphatic rings. The minimum Gasteiger partial charge on any atom is -0.481 e. The van der Waals surface area contributed by atoms with E-state index in [9.17, 15) is 14.4 Å². The van der Waals surface area contributed by atoms with E-state index in [1.165, 1.54) is 6.92 Å². The van der Waals surface area contributed by atoms with Crippen LogP contribution in [0, 0.1) is 11.3 Å². The molecule has 8 nitrogen and oxygen atoms in total. The fourth-order valence-electron chi connectivity index (χ4n) is 3.07. The zero-order valence-corrected chi connectivity index (χ0v) is 18.5. The van der Waals surface area contributed by atoms with Crippen molar-refractivity contribution in [2.75, 3.05) is 0 Å². The van der Waals surface area contributed by atoms with Crippen molar-refractivity contribution in [2.45, 2.75) is 25.5 Å². The van der Waals surface area contributed by atoms with Crippen molar-refractivity contribution in [3.8, 4) is 11.8 Å². The first kappa shape index (κ1) is 24.0. The summed E-state index contributed by atoms with van der Waals surface area (Å²) in [5, 5.41) is 11.6. The summed E-state index contributed by atoms with van der Waals surface area (Å²) in [5.74, 6) is -1.15. The van der Waals surface area contributed by atoms with E-state index >= 15 is 0 Å². The number of amides is 3. The van der Waals surface area contributed by atoms with Crippen molar-refractivity contribution in [2.24, 2.45) is 0 Å². The van der Waals surface area contributed by atoms with Gasteiger partial charge in [0.15, 0.2) is 6.10 Å². The van der Waals surface area contributed by atoms with Crippen molar-refractivity contribution in [1.29, 1.82) is 5.26 Å². The summed E-state index contributed by atoms with van der Waals surface area (Å²) < 4.78 is 5.54. The van der Waals surface area contributed by atoms with Crippen LogP contribution in [0.2, 0.25) is 0 Å². The zero-order valence-electron chi connectivity index (χ0n) is 18.5. The molecule has 0 unspecified atom stereocenters. The minimum atomic E-state index is -0.926. The van der Waals surface area contributed by atoms with Crippen molar-refractivity contribution < 1.29 is 19.1 Å². The van der Waals surface area contributed by atoms with E-state index in [1.807, 2.05) is 36.4 Å². The predicted octanol–water partition coefficient (Wildman–Crippen LogP) is 2.51. The van der Waals surface area contributed by atoms with Gasteiger partial charge in [0.05, 0.1) is 11.6 Å². The first-order chi connectivity index (χ1) is 16.5. The van der Waals surface area contributed by atoms with Crippen molar-refractivity contribution in [1.82, 2.24) is 16.2 Å². The lowest BCUT2D eigenvalue weighted by molar-refractivity contribution is -0.133. The molecule has 34 heavy (non-hydrogen) atoms. The topological polar surface area (TPSA) is 120 Å². The van der Waals surface area contributed by atoms with E-state index in [0.717, 1.165) is 5.56 Å². The maximum absolute atomic E-state index is 12.9. The van der Waals surface area contributed by atoms with Gasteiger partial charge < -0.3 is 10.1 Å². The van der Waals surface area contributed by atoms with E-state index in [4.69, 9.17) is 10.00 Å². The van der Waals surface area contributed by atoms with Crippen LogP contribution in [0.3, 0.4) is 0 Å². The Morgan fingerprint density at radius 3 is 2.06 bits per heavy atom. The molecular weight excluding hydrogens is 432 g/mol. The van der Waals surface area contributed by atoms with Crippen molar-refractivity contribution >= 4 is 17.7 Å². The molecule has 0 saturated heterocycles. The summed E-state index contributed by atoms with van der Waals surface area (Å²) >= 11 is 0. The SMILES string of the molecule is C[C@H](Oc1ccc(C#N)cc1)C(=O)NNC(=O)[C@@H](Cc1ccccc1)NC(=O)c1ccccc1. The highest BCUT2D eigenvalue weighted by Gasteiger charge is 2.23. The molecule has 0 aromatic heterocycles. The van der Waals surface area contributed by atoms with Crippen molar-refractivity contribution in [3.63, 3.8) is 0 Å². The van der Waals surface area contributed by atoms with Gasteiger partial charge in [0, 0.05) is 12.0 Å². The number of hydrogen-bond acceptors (Lipinski definition) is 5. The molecule has 0 aliphatic heterocycles. The van der Waals surface area contributed by atoms with E-state index < -0.39 is 29.9 Å². The molecule has 0 spiro atoms. The summed E-state index contributed by atoms with van der Waals surface area (Å²) in [5.41, 5.74) is 6.44. The average Bonchev–Trinajstić information content (AvgIpc) is 2.88. The van der Waals surface area contributed by atoms with Crippen LogP contribution >= 0.6 is 0 Å². The number of rotatable bonds is 8. The first-order valence-corrected chi connectivity index (χ1v) is 10.6. The molecule has 0 saturated carbocycles. The lowest BCUT2D eigenvalue weighted by atomic mass is 10.0. The van der Waals surface area contributed by atoms with Crippen LogP contribution in [0.4, 0.5) is 0 Å². The molecule has 172 valence electrons. The number of hydrogen-bond donors (Lipinski definition) is 3. The van der Waals surface area contributed by atoms with Crippen LogP contribution in [0.25, 0.3) is 0 Å². The Hall–Kier alpha value is -4.64. The molecule has 0 fully saturated rings.